The molecular formula is C12H15IN2O2. The molecule has 1 amide bonds. The number of ether oxygens (including phenoxy) is 1. The maximum Gasteiger partial charge on any atom is 0.231 e. The number of carbonyl (C=O) groups is 1. The summed E-state index contributed by atoms with van der Waals surface area (Å²) in [5.74, 6) is -0.0954. The van der Waals surface area contributed by atoms with E-state index in [9.17, 15) is 4.79 Å². The first-order chi connectivity index (χ1) is 8.22. The lowest BCUT2D eigenvalue weighted by molar-refractivity contribution is -0.120. The van der Waals surface area contributed by atoms with Gasteiger partial charge in [0.05, 0.1) is 24.8 Å². The zero-order chi connectivity index (χ0) is 12.3. The Balaban J connectivity index is 2.04. The van der Waals surface area contributed by atoms with Crippen molar-refractivity contribution in [2.24, 2.45) is 5.92 Å². The van der Waals surface area contributed by atoms with Crippen LogP contribution in [0.25, 0.3) is 0 Å². The first-order valence-electron chi connectivity index (χ1n) is 5.52. The number of carbonyl (C=O) groups excluding carboxylic acids is 1. The van der Waals surface area contributed by atoms with Crippen molar-refractivity contribution < 1.29 is 9.53 Å². The molecule has 92 valence electrons. The van der Waals surface area contributed by atoms with E-state index in [1.807, 2.05) is 31.3 Å². The quantitative estimate of drug-likeness (QED) is 0.815. The van der Waals surface area contributed by atoms with Crippen LogP contribution in [0.2, 0.25) is 0 Å². The molecule has 0 bridgehead atoms. The molecule has 17 heavy (non-hydrogen) atoms. The van der Waals surface area contributed by atoms with E-state index in [1.54, 1.807) is 0 Å². The molecule has 0 spiro atoms. The van der Waals surface area contributed by atoms with E-state index in [0.29, 0.717) is 13.2 Å². The van der Waals surface area contributed by atoms with Crippen LogP contribution in [0.15, 0.2) is 24.3 Å². The first-order valence-corrected chi connectivity index (χ1v) is 6.60. The van der Waals surface area contributed by atoms with Crippen LogP contribution in [0.3, 0.4) is 0 Å². The average molecular weight is 346 g/mol. The molecule has 0 aromatic heterocycles. The van der Waals surface area contributed by atoms with Gasteiger partial charge in [0, 0.05) is 9.61 Å². The molecule has 1 aromatic rings. The van der Waals surface area contributed by atoms with Crippen LogP contribution in [0, 0.1) is 9.49 Å². The summed E-state index contributed by atoms with van der Waals surface area (Å²) in [5.41, 5.74) is 0.861. The van der Waals surface area contributed by atoms with Gasteiger partial charge in [0.1, 0.15) is 0 Å². The second-order valence-electron chi connectivity index (χ2n) is 4.01. The van der Waals surface area contributed by atoms with Crippen LogP contribution in [0.4, 0.5) is 5.69 Å². The van der Waals surface area contributed by atoms with E-state index in [0.717, 1.165) is 9.26 Å². The molecule has 2 N–H and O–H groups in total. The lowest BCUT2D eigenvalue weighted by atomic mass is 10.0. The van der Waals surface area contributed by atoms with Crippen LogP contribution in [-0.4, -0.2) is 32.2 Å². The monoisotopic (exact) mass is 346 g/mol. The molecule has 5 heteroatoms. The van der Waals surface area contributed by atoms with Gasteiger partial charge in [0.25, 0.3) is 0 Å². The molecule has 2 rings (SSSR count). The van der Waals surface area contributed by atoms with Crippen LogP contribution in [-0.2, 0) is 9.53 Å². The highest BCUT2D eigenvalue weighted by molar-refractivity contribution is 14.1. The van der Waals surface area contributed by atoms with Crippen molar-refractivity contribution in [2.45, 2.75) is 6.04 Å². The lowest BCUT2D eigenvalue weighted by Crippen LogP contribution is -2.39. The Labute approximate surface area is 114 Å². The third-order valence-electron chi connectivity index (χ3n) is 2.92. The Bertz CT molecular complexity index is 411. The van der Waals surface area contributed by atoms with Gasteiger partial charge >= 0.3 is 0 Å². The zero-order valence-corrected chi connectivity index (χ0v) is 11.7. The van der Waals surface area contributed by atoms with E-state index in [2.05, 4.69) is 33.2 Å². The number of rotatable bonds is 3. The number of likely N-dealkylation sites (N-methyl/N-ethyl adjacent to an activating group) is 1. The smallest absolute Gasteiger partial charge is 0.231 e. The van der Waals surface area contributed by atoms with Gasteiger partial charge in [-0.3, -0.25) is 4.79 Å². The molecule has 1 heterocycles. The summed E-state index contributed by atoms with van der Waals surface area (Å²) < 4.78 is 6.36. The summed E-state index contributed by atoms with van der Waals surface area (Å²) in [6.07, 6.45) is 0. The molecule has 1 aliphatic heterocycles. The van der Waals surface area contributed by atoms with E-state index in [1.165, 1.54) is 0 Å². The number of amides is 1. The number of nitrogens with one attached hydrogen (secondary N) is 2. The van der Waals surface area contributed by atoms with Crippen LogP contribution in [0.5, 0.6) is 0 Å². The standard InChI is InChI=1S/C12H15IN2O2/c1-14-11-7-17-6-8(11)12(16)15-10-5-3-2-4-9(10)13/h2-5,8,11,14H,6-7H2,1H3,(H,15,16). The van der Waals surface area contributed by atoms with E-state index in [-0.39, 0.29) is 17.9 Å². The van der Waals surface area contributed by atoms with Crippen LogP contribution >= 0.6 is 22.6 Å². The summed E-state index contributed by atoms with van der Waals surface area (Å²) in [7, 11) is 1.85. The van der Waals surface area contributed by atoms with Gasteiger partial charge in [-0.05, 0) is 41.8 Å². The topological polar surface area (TPSA) is 50.4 Å². The van der Waals surface area contributed by atoms with E-state index in [4.69, 9.17) is 4.74 Å². The van der Waals surface area contributed by atoms with E-state index < -0.39 is 0 Å². The van der Waals surface area contributed by atoms with Crippen molar-refractivity contribution in [1.82, 2.24) is 5.32 Å². The molecule has 4 nitrogen and oxygen atoms in total. The minimum Gasteiger partial charge on any atom is -0.379 e. The van der Waals surface area contributed by atoms with Gasteiger partial charge in [-0.15, -0.1) is 0 Å². The Kier molecular flexibility index (Phi) is 4.36. The van der Waals surface area contributed by atoms with Gasteiger partial charge in [0.2, 0.25) is 5.91 Å². The maximum atomic E-state index is 12.1. The number of hydrogen-bond donors (Lipinski definition) is 2. The van der Waals surface area contributed by atoms with Crippen LogP contribution in [0.1, 0.15) is 0 Å². The largest absolute Gasteiger partial charge is 0.379 e. The summed E-state index contributed by atoms with van der Waals surface area (Å²) in [6, 6.07) is 7.85. The van der Waals surface area contributed by atoms with Crippen LogP contribution < -0.4 is 10.6 Å². The maximum absolute atomic E-state index is 12.1. The summed E-state index contributed by atoms with van der Waals surface area (Å²) >= 11 is 2.21. The molecule has 1 aliphatic rings. The van der Waals surface area contributed by atoms with Gasteiger partial charge in [-0.2, -0.15) is 0 Å². The first kappa shape index (κ1) is 12.8. The molecule has 0 aliphatic carbocycles. The highest BCUT2D eigenvalue weighted by Gasteiger charge is 2.33. The highest BCUT2D eigenvalue weighted by Crippen LogP contribution is 2.20. The molecule has 2 atom stereocenters. The summed E-state index contributed by atoms with van der Waals surface area (Å²) in [5, 5.41) is 6.06. The predicted octanol–water partition coefficient (Wildman–Crippen LogP) is 1.46. The second-order valence-corrected chi connectivity index (χ2v) is 5.17. The third kappa shape index (κ3) is 2.97. The SMILES string of the molecule is CNC1COCC1C(=O)Nc1ccccc1I. The molecule has 1 saturated heterocycles. The average Bonchev–Trinajstić information content (AvgIpc) is 2.80. The van der Waals surface area contributed by atoms with Gasteiger partial charge in [0.15, 0.2) is 0 Å². The molecule has 1 aromatic carbocycles. The molecule has 2 unspecified atom stereocenters. The molecule has 0 radical (unpaired) electrons. The minimum absolute atomic E-state index is 0.0194. The summed E-state index contributed by atoms with van der Waals surface area (Å²) in [4.78, 5) is 12.1. The fraction of sp³-hybridized carbons (Fsp3) is 0.417. The van der Waals surface area contributed by atoms with Crippen molar-refractivity contribution >= 4 is 34.2 Å². The van der Waals surface area contributed by atoms with Crippen molar-refractivity contribution in [1.29, 1.82) is 0 Å². The van der Waals surface area contributed by atoms with Crippen molar-refractivity contribution in [3.8, 4) is 0 Å². The molecule has 1 fully saturated rings. The fourth-order valence-corrected chi connectivity index (χ4v) is 2.41. The zero-order valence-electron chi connectivity index (χ0n) is 9.57. The molecule has 0 saturated carbocycles. The Hall–Kier alpha value is -0.660. The second kappa shape index (κ2) is 5.79. The number of para-hydroxylation sites is 1. The normalized spacial score (nSPS) is 23.6. The Morgan fingerprint density at radius 3 is 2.88 bits per heavy atom. The van der Waals surface area contributed by atoms with Crippen molar-refractivity contribution in [3.63, 3.8) is 0 Å². The minimum atomic E-state index is -0.115. The summed E-state index contributed by atoms with van der Waals surface area (Å²) in [6.45, 7) is 1.08. The third-order valence-corrected chi connectivity index (χ3v) is 3.86. The van der Waals surface area contributed by atoms with Gasteiger partial charge < -0.3 is 15.4 Å². The fourth-order valence-electron chi connectivity index (χ4n) is 1.89. The predicted molar refractivity (Wildman–Crippen MR) is 74.9 cm³/mol. The van der Waals surface area contributed by atoms with Crippen molar-refractivity contribution in [3.05, 3.63) is 27.8 Å². The van der Waals surface area contributed by atoms with E-state index >= 15 is 0 Å². The number of hydrogen-bond acceptors (Lipinski definition) is 3. The van der Waals surface area contributed by atoms with Gasteiger partial charge in [-0.1, -0.05) is 12.1 Å². The van der Waals surface area contributed by atoms with Crippen molar-refractivity contribution in [2.75, 3.05) is 25.6 Å². The Morgan fingerprint density at radius 1 is 1.41 bits per heavy atom. The van der Waals surface area contributed by atoms with Gasteiger partial charge in [-0.25, -0.2) is 0 Å². The Morgan fingerprint density at radius 2 is 2.18 bits per heavy atom. The lowest BCUT2D eigenvalue weighted by Gasteiger charge is -2.16. The number of benzene rings is 1. The number of anilines is 1. The highest BCUT2D eigenvalue weighted by atomic mass is 127. The number of halogens is 1. The molecular weight excluding hydrogens is 331 g/mol.